The lowest BCUT2D eigenvalue weighted by Crippen LogP contribution is -2.47. The van der Waals surface area contributed by atoms with Crippen LogP contribution in [0.1, 0.15) is 47.2 Å². The lowest BCUT2D eigenvalue weighted by molar-refractivity contribution is 0.262. The van der Waals surface area contributed by atoms with E-state index in [2.05, 4.69) is 46.5 Å². The molecule has 0 N–H and O–H groups in total. The van der Waals surface area contributed by atoms with Crippen LogP contribution in [0.3, 0.4) is 0 Å². The van der Waals surface area contributed by atoms with Crippen molar-refractivity contribution < 1.29 is 4.43 Å². The topological polar surface area (TPSA) is 22.1 Å². The largest absolute Gasteiger partial charge is 0.410 e. The summed E-state index contributed by atoms with van der Waals surface area (Å²) in [5.41, 5.74) is 2.69. The number of hydrogen-bond donors (Lipinski definition) is 0. The van der Waals surface area contributed by atoms with Crippen LogP contribution >= 0.6 is 11.6 Å². The molecule has 0 aromatic carbocycles. The van der Waals surface area contributed by atoms with Gasteiger partial charge in [0.2, 0.25) is 8.32 Å². The minimum absolute atomic E-state index is 0.534. The summed E-state index contributed by atoms with van der Waals surface area (Å²) in [5, 5.41) is 0.534. The minimum Gasteiger partial charge on any atom is -0.410 e. The van der Waals surface area contributed by atoms with Crippen LogP contribution in [0, 0.1) is 0 Å². The van der Waals surface area contributed by atoms with E-state index in [1.165, 1.54) is 0 Å². The van der Waals surface area contributed by atoms with Crippen molar-refractivity contribution in [3.8, 4) is 0 Å². The van der Waals surface area contributed by atoms with Gasteiger partial charge in [0.25, 0.3) is 0 Å². The fourth-order valence-corrected chi connectivity index (χ4v) is 8.81. The molecule has 0 aliphatic rings. The van der Waals surface area contributed by atoms with E-state index in [-0.39, 0.29) is 0 Å². The van der Waals surface area contributed by atoms with Gasteiger partial charge in [-0.2, -0.15) is 0 Å². The summed E-state index contributed by atoms with van der Waals surface area (Å²) in [6.07, 6.45) is 0. The standard InChI is InChI=1S/C15H26ClNOSi/c1-11(2)19(12(3)4,13(5)6)18-10-14-8-7-9-15(16)17-14/h7-9,11-13H,10H2,1-6H3. The molecule has 108 valence electrons. The molecule has 19 heavy (non-hydrogen) atoms. The van der Waals surface area contributed by atoms with Gasteiger partial charge in [0, 0.05) is 0 Å². The predicted molar refractivity (Wildman–Crippen MR) is 85.1 cm³/mol. The molecule has 0 saturated heterocycles. The Morgan fingerprint density at radius 3 is 2.00 bits per heavy atom. The van der Waals surface area contributed by atoms with Crippen LogP contribution < -0.4 is 0 Å². The molecular weight excluding hydrogens is 274 g/mol. The van der Waals surface area contributed by atoms with Gasteiger partial charge in [-0.1, -0.05) is 59.2 Å². The van der Waals surface area contributed by atoms with Gasteiger partial charge < -0.3 is 4.43 Å². The molecule has 0 saturated carbocycles. The zero-order valence-electron chi connectivity index (χ0n) is 12.9. The first-order chi connectivity index (χ1) is 8.80. The lowest BCUT2D eigenvalue weighted by Gasteiger charge is -2.42. The fraction of sp³-hybridized carbons (Fsp3) is 0.667. The molecule has 0 spiro atoms. The van der Waals surface area contributed by atoms with Crippen LogP contribution in [0.5, 0.6) is 0 Å². The van der Waals surface area contributed by atoms with E-state index in [9.17, 15) is 0 Å². The van der Waals surface area contributed by atoms with Gasteiger partial charge in [-0.15, -0.1) is 0 Å². The monoisotopic (exact) mass is 299 g/mol. The number of hydrogen-bond acceptors (Lipinski definition) is 2. The normalized spacial score (nSPS) is 12.7. The highest BCUT2D eigenvalue weighted by Gasteiger charge is 2.44. The molecule has 1 aromatic heterocycles. The molecule has 2 nitrogen and oxygen atoms in total. The third kappa shape index (κ3) is 3.80. The third-order valence-corrected chi connectivity index (χ3v) is 10.2. The molecule has 0 fully saturated rings. The number of halogens is 1. The van der Waals surface area contributed by atoms with Gasteiger partial charge in [0.15, 0.2) is 0 Å². The smallest absolute Gasteiger partial charge is 0.200 e. The first-order valence-corrected chi connectivity index (χ1v) is 9.57. The first kappa shape index (κ1) is 16.7. The Labute approximate surface area is 123 Å². The Bertz CT molecular complexity index is 385. The van der Waals surface area contributed by atoms with Crippen LogP contribution in [-0.4, -0.2) is 13.3 Å². The van der Waals surface area contributed by atoms with Crippen LogP contribution in [0.2, 0.25) is 21.8 Å². The summed E-state index contributed by atoms with van der Waals surface area (Å²) < 4.78 is 6.47. The molecule has 1 heterocycles. The molecule has 0 aliphatic carbocycles. The maximum Gasteiger partial charge on any atom is 0.200 e. The third-order valence-electron chi connectivity index (χ3n) is 3.95. The molecule has 0 amide bonds. The van der Waals surface area contributed by atoms with Crippen molar-refractivity contribution in [2.45, 2.75) is 64.8 Å². The Kier molecular flexibility index (Phi) is 6.02. The van der Waals surface area contributed by atoms with Crippen LogP contribution in [0.15, 0.2) is 18.2 Å². The SMILES string of the molecule is CC(C)[Si](OCc1cccc(Cl)n1)(C(C)C)C(C)C. The van der Waals surface area contributed by atoms with Crippen molar-refractivity contribution in [2.24, 2.45) is 0 Å². The second-order valence-electron chi connectivity index (χ2n) is 6.06. The molecular formula is C15H26ClNOSi. The van der Waals surface area contributed by atoms with Gasteiger partial charge in [-0.25, -0.2) is 4.98 Å². The van der Waals surface area contributed by atoms with Gasteiger partial charge in [-0.3, -0.25) is 0 Å². The summed E-state index contributed by atoms with van der Waals surface area (Å²) >= 11 is 5.93. The van der Waals surface area contributed by atoms with Gasteiger partial charge in [0.05, 0.1) is 12.3 Å². The summed E-state index contributed by atoms with van der Waals surface area (Å²) in [7, 11) is -1.81. The van der Waals surface area contributed by atoms with Gasteiger partial charge in [-0.05, 0) is 28.8 Å². The van der Waals surface area contributed by atoms with Crippen molar-refractivity contribution in [1.82, 2.24) is 4.98 Å². The second kappa shape index (κ2) is 6.87. The molecule has 0 bridgehead atoms. The first-order valence-electron chi connectivity index (χ1n) is 7.06. The van der Waals surface area contributed by atoms with Crippen molar-refractivity contribution in [3.05, 3.63) is 29.0 Å². The fourth-order valence-electron chi connectivity index (χ4n) is 3.23. The Morgan fingerprint density at radius 1 is 1.05 bits per heavy atom. The Balaban J connectivity index is 2.90. The van der Waals surface area contributed by atoms with E-state index in [1.54, 1.807) is 6.07 Å². The van der Waals surface area contributed by atoms with Crippen LogP contribution in [-0.2, 0) is 11.0 Å². The number of nitrogens with zero attached hydrogens (tertiary/aromatic N) is 1. The molecule has 0 atom stereocenters. The summed E-state index contributed by atoms with van der Waals surface area (Å²) in [4.78, 5) is 4.32. The Hall–Kier alpha value is -0.383. The summed E-state index contributed by atoms with van der Waals surface area (Å²) in [6.45, 7) is 14.3. The summed E-state index contributed by atoms with van der Waals surface area (Å²) in [5.74, 6) is 0. The van der Waals surface area contributed by atoms with Crippen LogP contribution in [0.25, 0.3) is 0 Å². The van der Waals surface area contributed by atoms with Crippen LogP contribution in [0.4, 0.5) is 0 Å². The van der Waals surface area contributed by atoms with Crippen molar-refractivity contribution in [3.63, 3.8) is 0 Å². The van der Waals surface area contributed by atoms with E-state index in [4.69, 9.17) is 16.0 Å². The predicted octanol–water partition coefficient (Wildman–Crippen LogP) is 5.43. The summed E-state index contributed by atoms with van der Waals surface area (Å²) in [6, 6.07) is 5.70. The number of rotatable bonds is 6. The van der Waals surface area contributed by atoms with Crippen molar-refractivity contribution in [1.29, 1.82) is 0 Å². The highest BCUT2D eigenvalue weighted by molar-refractivity contribution is 6.77. The van der Waals surface area contributed by atoms with E-state index < -0.39 is 8.32 Å². The van der Waals surface area contributed by atoms with Gasteiger partial charge in [0.1, 0.15) is 5.15 Å². The van der Waals surface area contributed by atoms with E-state index in [0.717, 1.165) is 5.69 Å². The zero-order valence-corrected chi connectivity index (χ0v) is 14.7. The van der Waals surface area contributed by atoms with E-state index in [1.807, 2.05) is 12.1 Å². The maximum absolute atomic E-state index is 6.47. The highest BCUT2D eigenvalue weighted by Crippen LogP contribution is 2.42. The molecule has 0 unspecified atom stereocenters. The average Bonchev–Trinajstić information content (AvgIpc) is 2.28. The quantitative estimate of drug-likeness (QED) is 0.516. The minimum atomic E-state index is -1.81. The molecule has 0 aliphatic heterocycles. The molecule has 0 radical (unpaired) electrons. The zero-order chi connectivity index (χ0) is 14.6. The van der Waals surface area contributed by atoms with Crippen molar-refractivity contribution >= 4 is 19.9 Å². The highest BCUT2D eigenvalue weighted by atomic mass is 35.5. The number of pyridine rings is 1. The Morgan fingerprint density at radius 2 is 1.58 bits per heavy atom. The van der Waals surface area contributed by atoms with E-state index in [0.29, 0.717) is 28.4 Å². The van der Waals surface area contributed by atoms with Gasteiger partial charge >= 0.3 is 0 Å². The van der Waals surface area contributed by atoms with E-state index >= 15 is 0 Å². The molecule has 4 heteroatoms. The maximum atomic E-state index is 6.47. The average molecular weight is 300 g/mol. The molecule has 1 rings (SSSR count). The van der Waals surface area contributed by atoms with Crippen molar-refractivity contribution in [2.75, 3.05) is 0 Å². The number of aromatic nitrogens is 1. The lowest BCUT2D eigenvalue weighted by atomic mass is 10.4. The second-order valence-corrected chi connectivity index (χ2v) is 11.9. The molecule has 1 aromatic rings.